The molecule has 0 radical (unpaired) electrons. The van der Waals surface area contributed by atoms with E-state index in [0.717, 1.165) is 10.6 Å². The minimum absolute atomic E-state index is 0.0565. The summed E-state index contributed by atoms with van der Waals surface area (Å²) >= 11 is 0. The molecule has 12 heteroatoms. The number of isocyanates is 1. The van der Waals surface area contributed by atoms with Gasteiger partial charge in [-0.25, -0.2) is 27.2 Å². The van der Waals surface area contributed by atoms with Gasteiger partial charge in [0.2, 0.25) is 6.08 Å². The van der Waals surface area contributed by atoms with E-state index in [1.54, 1.807) is 30.3 Å². The summed E-state index contributed by atoms with van der Waals surface area (Å²) in [6.45, 7) is 1.91. The molecule has 0 amide bonds. The molecule has 3 aromatic heterocycles. The number of fused-ring (bicyclic) bond motifs is 3. The Labute approximate surface area is 230 Å². The Morgan fingerprint density at radius 2 is 1.90 bits per heavy atom. The zero-order valence-corrected chi connectivity index (χ0v) is 22.8. The van der Waals surface area contributed by atoms with Gasteiger partial charge in [-0.05, 0) is 62.6 Å². The quantitative estimate of drug-likeness (QED) is 0.169. The molecule has 2 saturated carbocycles. The number of rotatable bonds is 9. The van der Waals surface area contributed by atoms with E-state index < -0.39 is 21.7 Å². The fourth-order valence-electron chi connectivity index (χ4n) is 5.53. The first-order valence-corrected chi connectivity index (χ1v) is 14.8. The molecule has 11 nitrogen and oxygen atoms in total. The van der Waals surface area contributed by atoms with E-state index >= 15 is 0 Å². The number of hydrogen-bond acceptors (Lipinski definition) is 9. The minimum Gasteiger partial charge on any atom is -0.458 e. The van der Waals surface area contributed by atoms with Crippen LogP contribution in [0.3, 0.4) is 0 Å². The first kappa shape index (κ1) is 26.4. The predicted molar refractivity (Wildman–Crippen MR) is 145 cm³/mol. The van der Waals surface area contributed by atoms with Gasteiger partial charge in [0.05, 0.1) is 22.7 Å². The maximum atomic E-state index is 13.5. The molecule has 2 fully saturated rings. The van der Waals surface area contributed by atoms with E-state index in [1.807, 2.05) is 4.57 Å². The zero-order valence-electron chi connectivity index (χ0n) is 22.0. The van der Waals surface area contributed by atoms with Crippen LogP contribution < -0.4 is 0 Å². The highest BCUT2D eigenvalue weighted by atomic mass is 32.2. The molecule has 0 saturated heterocycles. The summed E-state index contributed by atoms with van der Waals surface area (Å²) in [5.41, 5.74) is 0.186. The van der Waals surface area contributed by atoms with Crippen molar-refractivity contribution in [2.24, 2.45) is 10.9 Å². The maximum Gasteiger partial charge on any atom is 0.303 e. The molecule has 0 unspecified atom stereocenters. The van der Waals surface area contributed by atoms with Crippen LogP contribution in [0.2, 0.25) is 0 Å². The fourth-order valence-corrected chi connectivity index (χ4v) is 6.85. The Kier molecular flexibility index (Phi) is 6.77. The maximum absolute atomic E-state index is 13.5. The average Bonchev–Trinajstić information content (AvgIpc) is 3.54. The smallest absolute Gasteiger partial charge is 0.303 e. The highest BCUT2D eigenvalue weighted by Crippen LogP contribution is 2.42. The molecule has 0 N–H and O–H groups in total. The Balaban J connectivity index is 1.49. The SMILES string of the molecule is CC(=O)OCc1nc2cnc3c(ccn3S(=O)(=O)c3ccccc3)c2n1C1(N=C=O)CCC(OCC2CC2)CC1. The lowest BCUT2D eigenvalue weighted by atomic mass is 9.86. The number of aliphatic imine (C=N–C) groups is 1. The lowest BCUT2D eigenvalue weighted by Gasteiger charge is -2.38. The number of nitrogens with zero attached hydrogens (tertiary/aromatic N) is 5. The molecule has 40 heavy (non-hydrogen) atoms. The summed E-state index contributed by atoms with van der Waals surface area (Å²) in [4.78, 5) is 37.1. The first-order valence-electron chi connectivity index (χ1n) is 13.3. The molecule has 2 aliphatic carbocycles. The van der Waals surface area contributed by atoms with E-state index in [0.29, 0.717) is 53.8 Å². The lowest BCUT2D eigenvalue weighted by Crippen LogP contribution is -2.39. The van der Waals surface area contributed by atoms with E-state index in [4.69, 9.17) is 14.5 Å². The third kappa shape index (κ3) is 4.72. The molecule has 0 bridgehead atoms. The van der Waals surface area contributed by atoms with Gasteiger partial charge in [0.25, 0.3) is 10.0 Å². The van der Waals surface area contributed by atoms with Crippen molar-refractivity contribution in [3.8, 4) is 0 Å². The monoisotopic (exact) mass is 563 g/mol. The number of ether oxygens (including phenoxy) is 2. The third-order valence-electron chi connectivity index (χ3n) is 7.74. The van der Waals surface area contributed by atoms with Gasteiger partial charge < -0.3 is 9.47 Å². The third-order valence-corrected chi connectivity index (χ3v) is 9.42. The van der Waals surface area contributed by atoms with Crippen molar-refractivity contribution >= 4 is 44.1 Å². The molecule has 208 valence electrons. The molecular formula is C28H29N5O6S. The molecule has 6 rings (SSSR count). The van der Waals surface area contributed by atoms with Gasteiger partial charge in [0.15, 0.2) is 5.65 Å². The lowest BCUT2D eigenvalue weighted by molar-refractivity contribution is -0.142. The molecule has 4 aromatic rings. The number of pyridine rings is 1. The van der Waals surface area contributed by atoms with E-state index in [-0.39, 0.29) is 23.3 Å². The molecule has 1 aromatic carbocycles. The molecule has 2 aliphatic rings. The minimum atomic E-state index is -3.93. The zero-order chi connectivity index (χ0) is 27.9. The summed E-state index contributed by atoms with van der Waals surface area (Å²) in [5, 5.41) is 0.520. The number of benzene rings is 1. The van der Waals surface area contributed by atoms with Crippen LogP contribution in [0, 0.1) is 5.92 Å². The number of aromatic nitrogens is 4. The van der Waals surface area contributed by atoms with Gasteiger partial charge in [0, 0.05) is 25.1 Å². The number of carbonyl (C=O) groups excluding carboxylic acids is 2. The Bertz CT molecular complexity index is 1730. The predicted octanol–water partition coefficient (Wildman–Crippen LogP) is 4.04. The topological polar surface area (TPSA) is 135 Å². The summed E-state index contributed by atoms with van der Waals surface area (Å²) in [7, 11) is -3.93. The summed E-state index contributed by atoms with van der Waals surface area (Å²) in [6.07, 6.45) is 9.46. The second-order valence-corrected chi connectivity index (χ2v) is 12.3. The number of carbonyl (C=O) groups is 1. The van der Waals surface area contributed by atoms with Crippen molar-refractivity contribution in [3.63, 3.8) is 0 Å². The molecular weight excluding hydrogens is 534 g/mol. The summed E-state index contributed by atoms with van der Waals surface area (Å²) < 4.78 is 41.4. The van der Waals surface area contributed by atoms with Crippen LogP contribution in [0.15, 0.2) is 58.7 Å². The second kappa shape index (κ2) is 10.3. The Hall–Kier alpha value is -3.86. The van der Waals surface area contributed by atoms with Crippen molar-refractivity contribution in [1.82, 2.24) is 18.5 Å². The fraction of sp³-hybridized carbons (Fsp3) is 0.429. The van der Waals surface area contributed by atoms with E-state index in [9.17, 15) is 18.0 Å². The van der Waals surface area contributed by atoms with Gasteiger partial charge in [-0.2, -0.15) is 4.99 Å². The standard InChI is InChI=1S/C28H29N5O6S/c1-19(35)38-17-25-31-24-15-29-27-23(11-14-32(27)40(36,37)22-5-3-2-4-6-22)26(24)33(25)28(30-18-34)12-9-21(10-13-28)39-16-20-7-8-20/h2-6,11,14-15,20-21H,7-10,12-13,16-17H2,1H3. The number of esters is 1. The van der Waals surface area contributed by atoms with Crippen LogP contribution in [-0.4, -0.2) is 51.7 Å². The molecule has 0 spiro atoms. The van der Waals surface area contributed by atoms with Crippen molar-refractivity contribution in [1.29, 1.82) is 0 Å². The van der Waals surface area contributed by atoms with Crippen LogP contribution >= 0.6 is 0 Å². The second-order valence-electron chi connectivity index (χ2n) is 10.5. The van der Waals surface area contributed by atoms with Crippen LogP contribution in [0.25, 0.3) is 22.1 Å². The normalized spacial score (nSPS) is 21.4. The van der Waals surface area contributed by atoms with Crippen molar-refractivity contribution < 1.29 is 27.5 Å². The Morgan fingerprint density at radius 1 is 1.15 bits per heavy atom. The van der Waals surface area contributed by atoms with Crippen LogP contribution in [0.5, 0.6) is 0 Å². The van der Waals surface area contributed by atoms with E-state index in [2.05, 4.69) is 9.98 Å². The van der Waals surface area contributed by atoms with Gasteiger partial charge in [-0.1, -0.05) is 18.2 Å². The molecule has 0 atom stereocenters. The largest absolute Gasteiger partial charge is 0.458 e. The van der Waals surface area contributed by atoms with Crippen molar-refractivity contribution in [3.05, 3.63) is 54.6 Å². The highest BCUT2D eigenvalue weighted by molar-refractivity contribution is 7.90. The van der Waals surface area contributed by atoms with Gasteiger partial charge >= 0.3 is 5.97 Å². The number of imidazole rings is 1. The van der Waals surface area contributed by atoms with E-state index in [1.165, 1.54) is 44.3 Å². The number of hydrogen-bond donors (Lipinski definition) is 0. The van der Waals surface area contributed by atoms with Crippen LogP contribution in [-0.2, 0) is 41.4 Å². The Morgan fingerprint density at radius 3 is 2.58 bits per heavy atom. The summed E-state index contributed by atoms with van der Waals surface area (Å²) in [5.74, 6) is 0.547. The van der Waals surface area contributed by atoms with Gasteiger partial charge in [-0.15, -0.1) is 0 Å². The van der Waals surface area contributed by atoms with Gasteiger partial charge in [-0.3, -0.25) is 9.36 Å². The average molecular weight is 564 g/mol. The highest BCUT2D eigenvalue weighted by Gasteiger charge is 2.41. The molecule has 3 heterocycles. The van der Waals surface area contributed by atoms with Crippen molar-refractivity contribution in [2.45, 2.75) is 68.7 Å². The molecule has 0 aliphatic heterocycles. The van der Waals surface area contributed by atoms with Crippen LogP contribution in [0.4, 0.5) is 0 Å². The summed E-state index contributed by atoms with van der Waals surface area (Å²) in [6, 6.07) is 9.79. The van der Waals surface area contributed by atoms with Crippen molar-refractivity contribution in [2.75, 3.05) is 6.61 Å². The first-order chi connectivity index (χ1) is 19.3. The van der Waals surface area contributed by atoms with Crippen LogP contribution in [0.1, 0.15) is 51.3 Å². The van der Waals surface area contributed by atoms with Gasteiger partial charge in [0.1, 0.15) is 23.6 Å².